The number of benzene rings is 1. The van der Waals surface area contributed by atoms with Crippen molar-refractivity contribution in [3.8, 4) is 5.69 Å². The molecule has 33 heavy (non-hydrogen) atoms. The van der Waals surface area contributed by atoms with Crippen LogP contribution in [0.2, 0.25) is 0 Å². The van der Waals surface area contributed by atoms with Gasteiger partial charge in [-0.1, -0.05) is 12.1 Å². The number of fused-ring (bicyclic) bond motifs is 1. The molecule has 3 aromatic rings. The number of aromatic amines is 1. The highest BCUT2D eigenvalue weighted by Gasteiger charge is 2.34. The van der Waals surface area contributed by atoms with Crippen LogP contribution in [-0.4, -0.2) is 57.4 Å². The minimum Gasteiger partial charge on any atom is -0.394 e. The molecule has 0 aliphatic carbocycles. The number of hydrogen-bond acceptors (Lipinski definition) is 7. The van der Waals surface area contributed by atoms with Crippen LogP contribution in [0.4, 0.5) is 0 Å². The maximum Gasteiger partial charge on any atom is 0.354 e. The summed E-state index contributed by atoms with van der Waals surface area (Å²) in [5.41, 5.74) is 19.4. The lowest BCUT2D eigenvalue weighted by Crippen LogP contribution is -2.32. The van der Waals surface area contributed by atoms with Gasteiger partial charge in [0.25, 0.3) is 0 Å². The predicted molar refractivity (Wildman–Crippen MR) is 126 cm³/mol. The Labute approximate surface area is 190 Å². The summed E-state index contributed by atoms with van der Waals surface area (Å²) >= 11 is 0. The minimum absolute atomic E-state index is 0.107. The first-order valence-corrected chi connectivity index (χ1v) is 10.9. The fourth-order valence-electron chi connectivity index (χ4n) is 3.94. The number of nitrogens with zero attached hydrogens (tertiary/aromatic N) is 3. The largest absolute Gasteiger partial charge is 0.394 e. The van der Waals surface area contributed by atoms with Crippen molar-refractivity contribution in [3.05, 3.63) is 58.3 Å². The Balaban J connectivity index is 1.43. The molecule has 1 aliphatic heterocycles. The Morgan fingerprint density at radius 1 is 1.33 bits per heavy atom. The average Bonchev–Trinajstić information content (AvgIpc) is 3.38. The lowest BCUT2D eigenvalue weighted by molar-refractivity contribution is 0.00577. The monoisotopic (exact) mass is 454 g/mol. The smallest absolute Gasteiger partial charge is 0.354 e. The molecule has 11 nitrogen and oxygen atoms in total. The van der Waals surface area contributed by atoms with E-state index in [0.717, 1.165) is 35.3 Å². The third-order valence-corrected chi connectivity index (χ3v) is 5.71. The Morgan fingerprint density at radius 2 is 2.12 bits per heavy atom. The van der Waals surface area contributed by atoms with Crippen molar-refractivity contribution in [3.63, 3.8) is 0 Å². The highest BCUT2D eigenvalue weighted by molar-refractivity contribution is 5.76. The van der Waals surface area contributed by atoms with Crippen LogP contribution in [0.25, 0.3) is 16.7 Å². The summed E-state index contributed by atoms with van der Waals surface area (Å²) in [5.74, 6) is 0.107. The lowest BCUT2D eigenvalue weighted by atomic mass is 10.1. The first-order chi connectivity index (χ1) is 15.9. The van der Waals surface area contributed by atoms with Gasteiger partial charge in [0, 0.05) is 36.4 Å². The number of aliphatic hydroxyl groups excluding tert-OH is 1. The van der Waals surface area contributed by atoms with Crippen LogP contribution in [0.5, 0.6) is 0 Å². The van der Waals surface area contributed by atoms with Gasteiger partial charge >= 0.3 is 5.69 Å². The summed E-state index contributed by atoms with van der Waals surface area (Å²) in [6, 6.07) is 9.41. The zero-order chi connectivity index (χ0) is 23.4. The van der Waals surface area contributed by atoms with E-state index in [9.17, 15) is 9.90 Å². The van der Waals surface area contributed by atoms with Gasteiger partial charge in [-0.05, 0) is 43.1 Å². The molecule has 176 valence electrons. The van der Waals surface area contributed by atoms with E-state index < -0.39 is 0 Å². The van der Waals surface area contributed by atoms with Gasteiger partial charge in [0.15, 0.2) is 5.96 Å². The van der Waals surface area contributed by atoms with Crippen LogP contribution in [0.3, 0.4) is 0 Å². The van der Waals surface area contributed by atoms with Gasteiger partial charge in [-0.3, -0.25) is 9.56 Å². The van der Waals surface area contributed by atoms with Gasteiger partial charge in [-0.25, -0.2) is 4.79 Å². The Bertz CT molecular complexity index is 1170. The van der Waals surface area contributed by atoms with E-state index in [1.165, 1.54) is 4.57 Å². The van der Waals surface area contributed by atoms with Crippen LogP contribution in [0, 0.1) is 0 Å². The quantitative estimate of drug-likeness (QED) is 0.144. The van der Waals surface area contributed by atoms with E-state index >= 15 is 0 Å². The lowest BCUT2D eigenvalue weighted by Gasteiger charge is -2.11. The standard InChI is InChI=1S/C22H30N8O3/c23-16-9-18(33-19(16)12-31)17-8-14-11-30(22(32)29-20(14)28-17)15-4-2-13(3-5-15)10-26-6-1-7-27-21(24)25/h2-5,8,11,16,18-19,26,31H,1,6-7,9-10,12,23H2,(H4,24,25,27)(H,28,29,32)/t16-,18-,19-/m1/s1. The van der Waals surface area contributed by atoms with Crippen LogP contribution in [0.1, 0.15) is 30.2 Å². The SMILES string of the molecule is NC(N)=NCCCNCc1ccc(-n2cc3cc([C@H]4C[C@@H](N)[C@@H](CO)O4)[nH]c3nc2=O)cc1. The number of aliphatic hydroxyl groups is 1. The normalized spacial score (nSPS) is 20.4. The van der Waals surface area contributed by atoms with Gasteiger partial charge < -0.3 is 37.3 Å². The molecular formula is C22H30N8O3. The van der Waals surface area contributed by atoms with Crippen molar-refractivity contribution in [2.75, 3.05) is 19.7 Å². The molecule has 11 heteroatoms. The molecule has 0 unspecified atom stereocenters. The molecule has 1 aromatic carbocycles. The summed E-state index contributed by atoms with van der Waals surface area (Å²) in [6.07, 6.45) is 2.54. The zero-order valence-electron chi connectivity index (χ0n) is 18.3. The number of guanidine groups is 1. The number of H-pyrrole nitrogens is 1. The molecular weight excluding hydrogens is 424 g/mol. The van der Waals surface area contributed by atoms with Crippen LogP contribution in [0.15, 0.2) is 46.3 Å². The molecule has 2 aromatic heterocycles. The zero-order valence-corrected chi connectivity index (χ0v) is 18.3. The molecule has 4 rings (SSSR count). The highest BCUT2D eigenvalue weighted by atomic mass is 16.5. The third kappa shape index (κ3) is 5.40. The fraction of sp³-hybridized carbons (Fsp3) is 0.409. The number of aliphatic imine (C=N–C) groups is 1. The van der Waals surface area contributed by atoms with Crippen molar-refractivity contribution >= 4 is 17.0 Å². The highest BCUT2D eigenvalue weighted by Crippen LogP contribution is 2.32. The van der Waals surface area contributed by atoms with Gasteiger partial charge in [-0.15, -0.1) is 0 Å². The Kier molecular flexibility index (Phi) is 7.04. The number of nitrogens with one attached hydrogen (secondary N) is 2. The van der Waals surface area contributed by atoms with Gasteiger partial charge in [0.1, 0.15) is 5.65 Å². The molecule has 0 bridgehead atoms. The fourth-order valence-corrected chi connectivity index (χ4v) is 3.94. The molecule has 0 radical (unpaired) electrons. The number of aromatic nitrogens is 3. The molecule has 3 atom stereocenters. The average molecular weight is 455 g/mol. The summed E-state index contributed by atoms with van der Waals surface area (Å²) in [7, 11) is 0. The molecule has 9 N–H and O–H groups in total. The molecule has 0 amide bonds. The van der Waals surface area contributed by atoms with E-state index in [1.807, 2.05) is 30.3 Å². The molecule has 1 fully saturated rings. The van der Waals surface area contributed by atoms with Crippen molar-refractivity contribution in [2.45, 2.75) is 37.6 Å². The number of hydrogen-bond donors (Lipinski definition) is 6. The summed E-state index contributed by atoms with van der Waals surface area (Å²) in [4.78, 5) is 23.9. The number of ether oxygens (including phenoxy) is 1. The van der Waals surface area contributed by atoms with E-state index in [-0.39, 0.29) is 36.5 Å². The molecule has 0 saturated carbocycles. The second kappa shape index (κ2) is 10.1. The predicted octanol–water partition coefficient (Wildman–Crippen LogP) is -0.383. The van der Waals surface area contributed by atoms with E-state index in [4.69, 9.17) is 21.9 Å². The molecule has 1 saturated heterocycles. The van der Waals surface area contributed by atoms with Crippen molar-refractivity contribution in [1.82, 2.24) is 19.9 Å². The second-order valence-electron chi connectivity index (χ2n) is 8.17. The first kappa shape index (κ1) is 22.9. The Morgan fingerprint density at radius 3 is 2.82 bits per heavy atom. The van der Waals surface area contributed by atoms with Crippen molar-refractivity contribution in [2.24, 2.45) is 22.2 Å². The molecule has 3 heterocycles. The van der Waals surface area contributed by atoms with Crippen LogP contribution >= 0.6 is 0 Å². The van der Waals surface area contributed by atoms with Crippen LogP contribution in [-0.2, 0) is 11.3 Å². The molecule has 0 spiro atoms. The van der Waals surface area contributed by atoms with Crippen molar-refractivity contribution in [1.29, 1.82) is 0 Å². The van der Waals surface area contributed by atoms with Gasteiger partial charge in [-0.2, -0.15) is 4.98 Å². The number of nitrogens with two attached hydrogens (primary N) is 3. The van der Waals surface area contributed by atoms with Gasteiger partial charge in [0.05, 0.1) is 24.5 Å². The van der Waals surface area contributed by atoms with Crippen LogP contribution < -0.4 is 28.2 Å². The minimum atomic E-state index is -0.388. The first-order valence-electron chi connectivity index (χ1n) is 10.9. The maximum atomic E-state index is 12.6. The van der Waals surface area contributed by atoms with E-state index in [0.29, 0.717) is 25.2 Å². The van der Waals surface area contributed by atoms with E-state index in [2.05, 4.69) is 20.3 Å². The summed E-state index contributed by atoms with van der Waals surface area (Å²) in [5, 5.41) is 13.5. The summed E-state index contributed by atoms with van der Waals surface area (Å²) in [6.45, 7) is 1.97. The maximum absolute atomic E-state index is 12.6. The topological polar surface area (TPSA) is 183 Å². The molecule has 1 aliphatic rings. The Hall–Kier alpha value is -3.25. The number of rotatable bonds is 9. The second-order valence-corrected chi connectivity index (χ2v) is 8.17. The third-order valence-electron chi connectivity index (χ3n) is 5.71. The summed E-state index contributed by atoms with van der Waals surface area (Å²) < 4.78 is 7.34. The van der Waals surface area contributed by atoms with Crippen molar-refractivity contribution < 1.29 is 9.84 Å². The van der Waals surface area contributed by atoms with Gasteiger partial charge in [0.2, 0.25) is 0 Å². The van der Waals surface area contributed by atoms with E-state index in [1.54, 1.807) is 6.20 Å².